The number of anilines is 1. The van der Waals surface area contributed by atoms with E-state index in [-0.39, 0.29) is 17.0 Å². The van der Waals surface area contributed by atoms with Crippen molar-refractivity contribution in [2.45, 2.75) is 6.61 Å². The third-order valence-electron chi connectivity index (χ3n) is 5.07. The van der Waals surface area contributed by atoms with E-state index < -0.39 is 10.8 Å². The number of nitrogens with zero attached hydrogens (tertiary/aromatic N) is 2. The molecule has 0 saturated heterocycles. The number of non-ortho nitro benzene ring substituents is 1. The van der Waals surface area contributed by atoms with Crippen molar-refractivity contribution in [3.8, 4) is 23.1 Å². The largest absolute Gasteiger partial charge is 0.489 e. The zero-order valence-corrected chi connectivity index (χ0v) is 20.3. The normalized spacial score (nSPS) is 10.9. The van der Waals surface area contributed by atoms with Gasteiger partial charge in [0.1, 0.15) is 35.5 Å². The maximum Gasteiger partial charge on any atom is 0.270 e. The van der Waals surface area contributed by atoms with Gasteiger partial charge in [0.05, 0.1) is 4.92 Å². The minimum absolute atomic E-state index is 0.0588. The first-order chi connectivity index (χ1) is 17.4. The van der Waals surface area contributed by atoms with E-state index >= 15 is 0 Å². The molecule has 1 heterocycles. The number of halogens is 1. The fourth-order valence-electron chi connectivity index (χ4n) is 3.26. The molecule has 0 bridgehead atoms. The van der Waals surface area contributed by atoms with Crippen LogP contribution in [-0.2, 0) is 11.4 Å². The average molecular weight is 544 g/mol. The van der Waals surface area contributed by atoms with Gasteiger partial charge in [0.2, 0.25) is 0 Å². The lowest BCUT2D eigenvalue weighted by molar-refractivity contribution is -0.384. The molecule has 9 heteroatoms. The predicted octanol–water partition coefficient (Wildman–Crippen LogP) is 6.74. The number of ether oxygens (including phenoxy) is 1. The van der Waals surface area contributed by atoms with Crippen LogP contribution >= 0.6 is 15.9 Å². The second-order valence-corrected chi connectivity index (χ2v) is 8.40. The number of furan rings is 1. The fraction of sp³-hybridized carbons (Fsp3) is 0.0370. The number of amides is 1. The van der Waals surface area contributed by atoms with Crippen molar-refractivity contribution >= 4 is 39.3 Å². The van der Waals surface area contributed by atoms with Crippen LogP contribution in [0.2, 0.25) is 0 Å². The van der Waals surface area contributed by atoms with Crippen molar-refractivity contribution in [1.82, 2.24) is 0 Å². The summed E-state index contributed by atoms with van der Waals surface area (Å²) in [5.74, 6) is 0.761. The van der Waals surface area contributed by atoms with Gasteiger partial charge in [-0.25, -0.2) is 0 Å². The molecule has 4 aromatic rings. The van der Waals surface area contributed by atoms with Crippen molar-refractivity contribution < 1.29 is 18.9 Å². The van der Waals surface area contributed by atoms with Crippen LogP contribution in [0.15, 0.2) is 99.4 Å². The predicted molar refractivity (Wildman–Crippen MR) is 138 cm³/mol. The second kappa shape index (κ2) is 11.2. The van der Waals surface area contributed by atoms with Gasteiger partial charge in [-0.05, 0) is 64.0 Å². The number of carbonyl (C=O) groups is 1. The number of nitriles is 1. The smallest absolute Gasteiger partial charge is 0.270 e. The van der Waals surface area contributed by atoms with Crippen molar-refractivity contribution in [2.24, 2.45) is 0 Å². The molecule has 3 aromatic carbocycles. The quantitative estimate of drug-likeness (QED) is 0.114. The molecule has 0 aliphatic heterocycles. The lowest BCUT2D eigenvalue weighted by Crippen LogP contribution is -2.13. The molecular weight excluding hydrogens is 526 g/mol. The summed E-state index contributed by atoms with van der Waals surface area (Å²) in [6, 6.07) is 26.0. The van der Waals surface area contributed by atoms with Gasteiger partial charge < -0.3 is 14.5 Å². The zero-order valence-electron chi connectivity index (χ0n) is 18.7. The summed E-state index contributed by atoms with van der Waals surface area (Å²) in [6.45, 7) is 0.426. The van der Waals surface area contributed by atoms with Crippen LogP contribution in [-0.4, -0.2) is 10.8 Å². The molecular formula is C27H18BrN3O5. The average Bonchev–Trinajstić information content (AvgIpc) is 3.35. The van der Waals surface area contributed by atoms with Gasteiger partial charge in [-0.1, -0.05) is 30.3 Å². The first-order valence-electron chi connectivity index (χ1n) is 10.7. The van der Waals surface area contributed by atoms with Crippen molar-refractivity contribution in [2.75, 3.05) is 5.32 Å². The molecule has 8 nitrogen and oxygen atoms in total. The molecule has 1 amide bonds. The van der Waals surface area contributed by atoms with Crippen LogP contribution in [0, 0.1) is 21.4 Å². The van der Waals surface area contributed by atoms with E-state index in [0.29, 0.717) is 33.8 Å². The van der Waals surface area contributed by atoms with Crippen LogP contribution in [0.4, 0.5) is 11.4 Å². The van der Waals surface area contributed by atoms with E-state index in [1.165, 1.54) is 18.2 Å². The summed E-state index contributed by atoms with van der Waals surface area (Å²) in [5.41, 5.74) is 1.93. The first kappa shape index (κ1) is 24.4. The Labute approximate surface area is 214 Å². The molecule has 1 N–H and O–H groups in total. The van der Waals surface area contributed by atoms with Gasteiger partial charge in [-0.3, -0.25) is 14.9 Å². The summed E-state index contributed by atoms with van der Waals surface area (Å²) in [4.78, 5) is 23.1. The SMILES string of the molecule is N#C/C(=C\c1ccc(-c2ccc([N+](=O)[O-])cc2Br)o1)C(=O)Nc1ccc(OCc2ccccc2)cc1. The maximum atomic E-state index is 12.6. The van der Waals surface area contributed by atoms with Crippen LogP contribution in [0.25, 0.3) is 17.4 Å². The Bertz CT molecular complexity index is 1470. The molecule has 0 aliphatic carbocycles. The first-order valence-corrected chi connectivity index (χ1v) is 11.5. The Hall–Kier alpha value is -4.68. The van der Waals surface area contributed by atoms with Gasteiger partial charge in [-0.2, -0.15) is 5.26 Å². The van der Waals surface area contributed by atoms with Crippen LogP contribution < -0.4 is 10.1 Å². The maximum absolute atomic E-state index is 12.6. The lowest BCUT2D eigenvalue weighted by Gasteiger charge is -2.08. The Morgan fingerprint density at radius 2 is 1.83 bits per heavy atom. The number of hydrogen-bond donors (Lipinski definition) is 1. The molecule has 0 atom stereocenters. The van der Waals surface area contributed by atoms with Crippen molar-refractivity contribution in [3.63, 3.8) is 0 Å². The highest BCUT2D eigenvalue weighted by Crippen LogP contribution is 2.33. The van der Waals surface area contributed by atoms with E-state index in [2.05, 4.69) is 21.2 Å². The standard InChI is InChI=1S/C27H18BrN3O5/c28-25-15-21(31(33)34)8-12-24(25)26-13-11-23(36-26)14-19(16-29)27(32)30-20-6-9-22(10-7-20)35-17-18-4-2-1-3-5-18/h1-15H,17H2,(H,30,32)/b19-14+. The van der Waals surface area contributed by atoms with Gasteiger partial charge in [0.15, 0.2) is 0 Å². The summed E-state index contributed by atoms with van der Waals surface area (Å²) in [7, 11) is 0. The molecule has 1 aromatic heterocycles. The van der Waals surface area contributed by atoms with Gasteiger partial charge in [0, 0.05) is 33.9 Å². The van der Waals surface area contributed by atoms with Gasteiger partial charge in [0.25, 0.3) is 11.6 Å². The zero-order chi connectivity index (χ0) is 25.5. The van der Waals surface area contributed by atoms with Gasteiger partial charge >= 0.3 is 0 Å². The van der Waals surface area contributed by atoms with E-state index in [1.807, 2.05) is 36.4 Å². The van der Waals surface area contributed by atoms with E-state index in [4.69, 9.17) is 9.15 Å². The number of nitro groups is 1. The van der Waals surface area contributed by atoms with Crippen LogP contribution in [0.1, 0.15) is 11.3 Å². The summed E-state index contributed by atoms with van der Waals surface area (Å²) in [6.07, 6.45) is 1.33. The molecule has 0 unspecified atom stereocenters. The van der Waals surface area contributed by atoms with Crippen molar-refractivity contribution in [3.05, 3.63) is 116 Å². The second-order valence-electron chi connectivity index (χ2n) is 7.55. The number of carbonyl (C=O) groups excluding carboxylic acids is 1. The van der Waals surface area contributed by atoms with Gasteiger partial charge in [-0.15, -0.1) is 0 Å². The molecule has 0 saturated carbocycles. The summed E-state index contributed by atoms with van der Waals surface area (Å²) in [5, 5.41) is 23.1. The fourth-order valence-corrected chi connectivity index (χ4v) is 3.82. The number of benzene rings is 3. The number of nitro benzene ring substituents is 1. The Kier molecular flexibility index (Phi) is 7.58. The molecule has 178 valence electrons. The molecule has 4 rings (SSSR count). The topological polar surface area (TPSA) is 118 Å². The van der Waals surface area contributed by atoms with Crippen molar-refractivity contribution in [1.29, 1.82) is 5.26 Å². The van der Waals surface area contributed by atoms with E-state index in [9.17, 15) is 20.2 Å². The number of hydrogen-bond acceptors (Lipinski definition) is 6. The molecule has 0 aliphatic rings. The Morgan fingerprint density at radius 3 is 2.50 bits per heavy atom. The monoisotopic (exact) mass is 543 g/mol. The third kappa shape index (κ3) is 6.05. The number of nitrogens with one attached hydrogen (secondary N) is 1. The number of rotatable bonds is 8. The minimum atomic E-state index is -0.593. The summed E-state index contributed by atoms with van der Waals surface area (Å²) >= 11 is 3.31. The molecule has 36 heavy (non-hydrogen) atoms. The lowest BCUT2D eigenvalue weighted by atomic mass is 10.1. The third-order valence-corrected chi connectivity index (χ3v) is 5.72. The Morgan fingerprint density at radius 1 is 1.08 bits per heavy atom. The van der Waals surface area contributed by atoms with Crippen LogP contribution in [0.5, 0.6) is 5.75 Å². The molecule has 0 fully saturated rings. The van der Waals surface area contributed by atoms with E-state index in [1.54, 1.807) is 42.5 Å². The molecule has 0 spiro atoms. The Balaban J connectivity index is 1.41. The highest BCUT2D eigenvalue weighted by Gasteiger charge is 2.15. The van der Waals surface area contributed by atoms with E-state index in [0.717, 1.165) is 5.56 Å². The molecule has 0 radical (unpaired) electrons. The highest BCUT2D eigenvalue weighted by molar-refractivity contribution is 9.10. The summed E-state index contributed by atoms with van der Waals surface area (Å²) < 4.78 is 12.0. The van der Waals surface area contributed by atoms with Crippen LogP contribution in [0.3, 0.4) is 0 Å². The minimum Gasteiger partial charge on any atom is -0.489 e. The highest BCUT2D eigenvalue weighted by atomic mass is 79.9.